The van der Waals surface area contributed by atoms with Gasteiger partial charge in [0.25, 0.3) is 0 Å². The highest BCUT2D eigenvalue weighted by Gasteiger charge is 2.13. The van der Waals surface area contributed by atoms with Crippen molar-refractivity contribution in [3.8, 4) is 0 Å². The normalized spacial score (nSPS) is 15.2. The lowest BCUT2D eigenvalue weighted by atomic mass is 10.0. The smallest absolute Gasteiger partial charge is 0.191 e. The third kappa shape index (κ3) is 11.8. The Morgan fingerprint density at radius 2 is 1.97 bits per heavy atom. The van der Waals surface area contributed by atoms with Gasteiger partial charge in [-0.25, -0.2) is 4.99 Å². The van der Waals surface area contributed by atoms with Crippen molar-refractivity contribution in [2.45, 2.75) is 39.3 Å². The van der Waals surface area contributed by atoms with Gasteiger partial charge in [-0.2, -0.15) is 0 Å². The number of guanidine groups is 1. The summed E-state index contributed by atoms with van der Waals surface area (Å²) in [5.41, 5.74) is 2.55. The van der Waals surface area contributed by atoms with Crippen LogP contribution >= 0.6 is 24.0 Å². The molecule has 1 saturated heterocycles. The van der Waals surface area contributed by atoms with Crippen LogP contribution in [-0.2, 0) is 22.6 Å². The molecule has 1 heterocycles. The minimum Gasteiger partial charge on any atom is -0.381 e. The van der Waals surface area contributed by atoms with Crippen molar-refractivity contribution in [1.82, 2.24) is 15.5 Å². The molecule has 1 aliphatic heterocycles. The quantitative estimate of drug-likeness (QED) is 0.204. The lowest BCUT2D eigenvalue weighted by Gasteiger charge is -2.21. The Labute approximate surface area is 193 Å². The molecule has 6 nitrogen and oxygen atoms in total. The maximum Gasteiger partial charge on any atom is 0.191 e. The van der Waals surface area contributed by atoms with Gasteiger partial charge in [0.1, 0.15) is 0 Å². The number of ether oxygens (including phenoxy) is 2. The van der Waals surface area contributed by atoms with Crippen molar-refractivity contribution in [2.75, 3.05) is 53.6 Å². The van der Waals surface area contributed by atoms with Crippen molar-refractivity contribution in [1.29, 1.82) is 0 Å². The molecule has 0 bridgehead atoms. The van der Waals surface area contributed by atoms with E-state index in [-0.39, 0.29) is 24.0 Å². The second kappa shape index (κ2) is 15.9. The second-order valence-electron chi connectivity index (χ2n) is 7.66. The fourth-order valence-electron chi connectivity index (χ4n) is 3.25. The number of nitrogens with zero attached hydrogens (tertiary/aromatic N) is 2. The summed E-state index contributed by atoms with van der Waals surface area (Å²) in [5.74, 6) is 1.54. The van der Waals surface area contributed by atoms with Crippen molar-refractivity contribution in [3.63, 3.8) is 0 Å². The fourth-order valence-corrected chi connectivity index (χ4v) is 3.25. The molecule has 166 valence electrons. The molecule has 2 N–H and O–H groups in total. The van der Waals surface area contributed by atoms with Crippen LogP contribution in [-0.4, -0.2) is 64.5 Å². The van der Waals surface area contributed by atoms with Gasteiger partial charge in [-0.05, 0) is 57.3 Å². The Hall–Kier alpha value is -0.900. The molecule has 0 amide bonds. The molecule has 1 aliphatic rings. The Morgan fingerprint density at radius 3 is 2.69 bits per heavy atom. The summed E-state index contributed by atoms with van der Waals surface area (Å²) in [6, 6.07) is 8.64. The monoisotopic (exact) mass is 518 g/mol. The Balaban J connectivity index is 0.00000420. The summed E-state index contributed by atoms with van der Waals surface area (Å²) < 4.78 is 11.2. The highest BCUT2D eigenvalue weighted by molar-refractivity contribution is 14.0. The van der Waals surface area contributed by atoms with Crippen molar-refractivity contribution in [2.24, 2.45) is 10.9 Å². The van der Waals surface area contributed by atoms with Crippen LogP contribution in [0.5, 0.6) is 0 Å². The number of halogens is 1. The van der Waals surface area contributed by atoms with Crippen LogP contribution in [0.1, 0.15) is 37.3 Å². The SMILES string of the molecule is CCNC(=NCc1cccc(CN(C)C)c1)NCCCOCC1CCOCC1.I. The van der Waals surface area contributed by atoms with Crippen molar-refractivity contribution < 1.29 is 9.47 Å². The van der Waals surface area contributed by atoms with Gasteiger partial charge in [-0.1, -0.05) is 24.3 Å². The van der Waals surface area contributed by atoms with E-state index in [1.54, 1.807) is 0 Å². The zero-order chi connectivity index (χ0) is 20.0. The van der Waals surface area contributed by atoms with Crippen LogP contribution in [0.2, 0.25) is 0 Å². The highest BCUT2D eigenvalue weighted by atomic mass is 127. The lowest BCUT2D eigenvalue weighted by Crippen LogP contribution is -2.38. The summed E-state index contributed by atoms with van der Waals surface area (Å²) in [5, 5.41) is 6.73. The molecule has 0 spiro atoms. The predicted molar refractivity (Wildman–Crippen MR) is 131 cm³/mol. The summed E-state index contributed by atoms with van der Waals surface area (Å²) >= 11 is 0. The number of hydrogen-bond donors (Lipinski definition) is 2. The minimum absolute atomic E-state index is 0. The molecule has 0 aromatic heterocycles. The van der Waals surface area contributed by atoms with Gasteiger partial charge in [-0.15, -0.1) is 24.0 Å². The molecule has 0 saturated carbocycles. The minimum atomic E-state index is 0. The predicted octanol–water partition coefficient (Wildman–Crippen LogP) is 3.25. The number of nitrogens with one attached hydrogen (secondary N) is 2. The van der Waals surface area contributed by atoms with Crippen LogP contribution in [0.25, 0.3) is 0 Å². The van der Waals surface area contributed by atoms with E-state index in [1.165, 1.54) is 11.1 Å². The molecule has 1 fully saturated rings. The topological polar surface area (TPSA) is 58.1 Å². The molecule has 0 unspecified atom stereocenters. The first-order chi connectivity index (χ1) is 13.7. The number of aliphatic imine (C=N–C) groups is 1. The Kier molecular flexibility index (Phi) is 14.3. The van der Waals surface area contributed by atoms with Gasteiger partial charge in [0.05, 0.1) is 6.54 Å². The van der Waals surface area contributed by atoms with Crippen LogP contribution in [0.4, 0.5) is 0 Å². The van der Waals surface area contributed by atoms with E-state index in [0.29, 0.717) is 12.5 Å². The van der Waals surface area contributed by atoms with Gasteiger partial charge in [0, 0.05) is 46.1 Å². The molecule has 2 rings (SSSR count). The van der Waals surface area contributed by atoms with Gasteiger partial charge in [0.2, 0.25) is 0 Å². The number of benzene rings is 1. The highest BCUT2D eigenvalue weighted by Crippen LogP contribution is 2.14. The van der Waals surface area contributed by atoms with E-state index >= 15 is 0 Å². The molecular formula is C22H39IN4O2. The fraction of sp³-hybridized carbons (Fsp3) is 0.682. The molecule has 0 aliphatic carbocycles. The molecule has 0 radical (unpaired) electrons. The first kappa shape index (κ1) is 26.1. The average molecular weight is 518 g/mol. The van der Waals surface area contributed by atoms with Gasteiger partial charge >= 0.3 is 0 Å². The standard InChI is InChI=1S/C22H38N4O2.HI/c1-4-23-22(24-11-6-12-28-18-19-9-13-27-14-10-19)25-16-20-7-5-8-21(15-20)17-26(2)3;/h5,7-8,15,19H,4,6,9-14,16-18H2,1-3H3,(H2,23,24,25);1H. The van der Waals surface area contributed by atoms with Crippen molar-refractivity contribution >= 4 is 29.9 Å². The third-order valence-electron chi connectivity index (χ3n) is 4.71. The van der Waals surface area contributed by atoms with Gasteiger partial charge < -0.3 is 25.0 Å². The molecule has 1 aromatic carbocycles. The van der Waals surface area contributed by atoms with Crippen LogP contribution in [0.3, 0.4) is 0 Å². The van der Waals surface area contributed by atoms with Gasteiger partial charge in [-0.3, -0.25) is 0 Å². The van der Waals surface area contributed by atoms with E-state index in [1.807, 2.05) is 0 Å². The third-order valence-corrected chi connectivity index (χ3v) is 4.71. The molecular weight excluding hydrogens is 479 g/mol. The van der Waals surface area contributed by atoms with Crippen LogP contribution in [0, 0.1) is 5.92 Å². The summed E-state index contributed by atoms with van der Waals surface area (Å²) in [7, 11) is 4.18. The number of hydrogen-bond acceptors (Lipinski definition) is 4. The van der Waals surface area contributed by atoms with Crippen LogP contribution in [0.15, 0.2) is 29.3 Å². The lowest BCUT2D eigenvalue weighted by molar-refractivity contribution is 0.0203. The summed E-state index contributed by atoms with van der Waals surface area (Å²) in [6.45, 7) is 8.85. The maximum atomic E-state index is 5.83. The van der Waals surface area contributed by atoms with Gasteiger partial charge in [0.15, 0.2) is 5.96 Å². The first-order valence-corrected chi connectivity index (χ1v) is 10.6. The van der Waals surface area contributed by atoms with E-state index in [9.17, 15) is 0 Å². The largest absolute Gasteiger partial charge is 0.381 e. The molecule has 1 aromatic rings. The molecule has 0 atom stereocenters. The van der Waals surface area contributed by atoms with E-state index in [2.05, 4.69) is 60.8 Å². The molecule has 7 heteroatoms. The zero-order valence-corrected chi connectivity index (χ0v) is 20.6. The van der Waals surface area contributed by atoms with Crippen molar-refractivity contribution in [3.05, 3.63) is 35.4 Å². The van der Waals surface area contributed by atoms with E-state index in [4.69, 9.17) is 14.5 Å². The maximum absolute atomic E-state index is 5.83. The van der Waals surface area contributed by atoms with E-state index in [0.717, 1.165) is 71.3 Å². The summed E-state index contributed by atoms with van der Waals surface area (Å²) in [6.07, 6.45) is 3.24. The zero-order valence-electron chi connectivity index (χ0n) is 18.3. The second-order valence-corrected chi connectivity index (χ2v) is 7.66. The number of rotatable bonds is 11. The Bertz CT molecular complexity index is 578. The first-order valence-electron chi connectivity index (χ1n) is 10.6. The molecule has 29 heavy (non-hydrogen) atoms. The average Bonchev–Trinajstić information content (AvgIpc) is 2.69. The Morgan fingerprint density at radius 1 is 1.21 bits per heavy atom. The van der Waals surface area contributed by atoms with E-state index < -0.39 is 0 Å². The summed E-state index contributed by atoms with van der Waals surface area (Å²) in [4.78, 5) is 6.90. The van der Waals surface area contributed by atoms with Crippen LogP contribution < -0.4 is 10.6 Å².